The van der Waals surface area contributed by atoms with Crippen LogP contribution in [0, 0.1) is 0 Å². The SMILES string of the molecule is O=C(Cc1ccc2[nH]c(=O)cc(O)c2c1)N[C@H](Cc1ccccc1)C(=O)NCCc1cc(Cl)ccc1-n1cnnn1. The number of tetrazole rings is 1. The van der Waals surface area contributed by atoms with E-state index in [0.29, 0.717) is 34.3 Å². The molecule has 12 heteroatoms. The third-order valence-corrected chi connectivity index (χ3v) is 6.75. The number of H-pyrrole nitrogens is 1. The summed E-state index contributed by atoms with van der Waals surface area (Å²) < 4.78 is 1.52. The zero-order valence-electron chi connectivity index (χ0n) is 21.8. The normalized spacial score (nSPS) is 11.7. The van der Waals surface area contributed by atoms with E-state index in [2.05, 4.69) is 31.1 Å². The van der Waals surface area contributed by atoms with Crippen LogP contribution in [0.2, 0.25) is 5.02 Å². The van der Waals surface area contributed by atoms with E-state index >= 15 is 0 Å². The molecule has 2 amide bonds. The van der Waals surface area contributed by atoms with Crippen molar-refractivity contribution in [2.75, 3.05) is 6.54 Å². The van der Waals surface area contributed by atoms with Crippen LogP contribution in [0.5, 0.6) is 5.75 Å². The number of amides is 2. The van der Waals surface area contributed by atoms with Gasteiger partial charge in [-0.1, -0.05) is 48.0 Å². The van der Waals surface area contributed by atoms with Gasteiger partial charge in [0.1, 0.15) is 18.1 Å². The van der Waals surface area contributed by atoms with E-state index in [1.807, 2.05) is 30.3 Å². The van der Waals surface area contributed by atoms with E-state index in [9.17, 15) is 19.5 Å². The molecule has 3 aromatic carbocycles. The number of carbonyl (C=O) groups is 2. The number of aromatic hydroxyl groups is 1. The number of carbonyl (C=O) groups excluding carboxylic acids is 2. The van der Waals surface area contributed by atoms with E-state index in [4.69, 9.17) is 11.6 Å². The zero-order chi connectivity index (χ0) is 28.8. The molecule has 0 aliphatic rings. The second kappa shape index (κ2) is 12.4. The van der Waals surface area contributed by atoms with Gasteiger partial charge in [0.05, 0.1) is 17.6 Å². The van der Waals surface area contributed by atoms with Crippen LogP contribution in [0.4, 0.5) is 0 Å². The van der Waals surface area contributed by atoms with E-state index in [1.165, 1.54) is 11.0 Å². The number of rotatable bonds is 10. The molecule has 1 atom stereocenters. The Morgan fingerprint density at radius 1 is 1.02 bits per heavy atom. The van der Waals surface area contributed by atoms with Crippen LogP contribution in [0.15, 0.2) is 83.9 Å². The number of pyridine rings is 1. The van der Waals surface area contributed by atoms with Crippen LogP contribution in [-0.4, -0.2) is 54.7 Å². The lowest BCUT2D eigenvalue weighted by Gasteiger charge is -2.19. The highest BCUT2D eigenvalue weighted by molar-refractivity contribution is 6.30. The molecule has 2 heterocycles. The van der Waals surface area contributed by atoms with Crippen molar-refractivity contribution >= 4 is 34.3 Å². The largest absolute Gasteiger partial charge is 0.507 e. The molecule has 0 aliphatic heterocycles. The summed E-state index contributed by atoms with van der Waals surface area (Å²) in [6.45, 7) is 0.289. The second-order valence-corrected chi connectivity index (χ2v) is 9.89. The molecular weight excluding hydrogens is 546 g/mol. The molecule has 5 aromatic rings. The van der Waals surface area contributed by atoms with Crippen LogP contribution in [0.25, 0.3) is 16.6 Å². The predicted molar refractivity (Wildman–Crippen MR) is 153 cm³/mol. The number of aromatic nitrogens is 5. The molecule has 0 bridgehead atoms. The van der Waals surface area contributed by atoms with Crippen molar-refractivity contribution in [2.45, 2.75) is 25.3 Å². The molecule has 0 fully saturated rings. The van der Waals surface area contributed by atoms with Gasteiger partial charge in [-0.05, 0) is 63.9 Å². The van der Waals surface area contributed by atoms with Gasteiger partial charge in [0.2, 0.25) is 11.8 Å². The first kappa shape index (κ1) is 27.5. The van der Waals surface area contributed by atoms with Crippen molar-refractivity contribution in [3.8, 4) is 11.4 Å². The van der Waals surface area contributed by atoms with Gasteiger partial charge in [0, 0.05) is 29.4 Å². The van der Waals surface area contributed by atoms with Crippen LogP contribution in [0.3, 0.4) is 0 Å². The first-order chi connectivity index (χ1) is 19.9. The summed E-state index contributed by atoms with van der Waals surface area (Å²) in [7, 11) is 0. The molecule has 0 saturated carbocycles. The van der Waals surface area contributed by atoms with Gasteiger partial charge in [-0.3, -0.25) is 14.4 Å². The van der Waals surface area contributed by atoms with Gasteiger partial charge in [-0.25, -0.2) is 4.68 Å². The van der Waals surface area contributed by atoms with Gasteiger partial charge in [-0.2, -0.15) is 0 Å². The average molecular weight is 572 g/mol. The molecule has 5 rings (SSSR count). The Bertz CT molecular complexity index is 1740. The Labute approximate surface area is 239 Å². The van der Waals surface area contributed by atoms with E-state index in [-0.39, 0.29) is 30.5 Å². The highest BCUT2D eigenvalue weighted by atomic mass is 35.5. The zero-order valence-corrected chi connectivity index (χ0v) is 22.5. The third-order valence-electron chi connectivity index (χ3n) is 6.52. The topological polar surface area (TPSA) is 155 Å². The summed E-state index contributed by atoms with van der Waals surface area (Å²) in [5.74, 6) is -0.864. The van der Waals surface area contributed by atoms with Crippen molar-refractivity contribution in [3.63, 3.8) is 0 Å². The summed E-state index contributed by atoms with van der Waals surface area (Å²) in [5, 5.41) is 28.2. The second-order valence-electron chi connectivity index (χ2n) is 9.45. The molecule has 2 aromatic heterocycles. The van der Waals surface area contributed by atoms with E-state index < -0.39 is 11.6 Å². The smallest absolute Gasteiger partial charge is 0.252 e. The number of fused-ring (bicyclic) bond motifs is 1. The molecule has 208 valence electrons. The molecule has 0 aliphatic carbocycles. The Balaban J connectivity index is 1.27. The Kier molecular flexibility index (Phi) is 8.35. The Morgan fingerprint density at radius 3 is 2.63 bits per heavy atom. The maximum absolute atomic E-state index is 13.3. The molecule has 4 N–H and O–H groups in total. The molecule has 0 saturated heterocycles. The van der Waals surface area contributed by atoms with Crippen molar-refractivity contribution in [3.05, 3.63) is 111 Å². The molecule has 41 heavy (non-hydrogen) atoms. The van der Waals surface area contributed by atoms with E-state index in [0.717, 1.165) is 22.9 Å². The summed E-state index contributed by atoms with van der Waals surface area (Å²) >= 11 is 6.21. The maximum Gasteiger partial charge on any atom is 0.252 e. The number of benzene rings is 3. The molecule has 11 nitrogen and oxygen atoms in total. The van der Waals surface area contributed by atoms with Crippen molar-refractivity contribution in [2.24, 2.45) is 0 Å². The number of hydrogen-bond donors (Lipinski definition) is 4. The summed E-state index contributed by atoms with van der Waals surface area (Å²) in [6.07, 6.45) is 2.21. The summed E-state index contributed by atoms with van der Waals surface area (Å²) in [4.78, 5) is 40.6. The standard InChI is InChI=1S/C29H26ClN7O4/c30-21-7-9-25(37-17-32-35-36-37)20(15-21)10-11-31-29(41)24(13-18-4-2-1-3-5-18)34-27(39)14-19-6-8-23-22(12-19)26(38)16-28(40)33-23/h1-9,12,15-17,24H,10-11,13-14H2,(H,31,41)(H,34,39)(H2,33,38,40)/t24-/m1/s1. The minimum Gasteiger partial charge on any atom is -0.507 e. The van der Waals surface area contributed by atoms with E-state index in [1.54, 1.807) is 36.4 Å². The summed E-state index contributed by atoms with van der Waals surface area (Å²) in [5.41, 5.74) is 3.14. The lowest BCUT2D eigenvalue weighted by atomic mass is 10.0. The minimum atomic E-state index is -0.825. The number of aromatic amines is 1. The number of nitrogens with one attached hydrogen (secondary N) is 3. The van der Waals surface area contributed by atoms with Crippen LogP contribution in [-0.2, 0) is 28.9 Å². The molecule has 0 unspecified atom stereocenters. The van der Waals surface area contributed by atoms with Crippen molar-refractivity contribution in [1.82, 2.24) is 35.8 Å². The lowest BCUT2D eigenvalue weighted by molar-refractivity contribution is -0.128. The molecular formula is C29H26ClN7O4. The van der Waals surface area contributed by atoms with Gasteiger partial charge in [0.25, 0.3) is 5.56 Å². The Hall–Kier alpha value is -5.03. The van der Waals surface area contributed by atoms with Crippen LogP contribution < -0.4 is 16.2 Å². The fourth-order valence-corrected chi connectivity index (χ4v) is 4.77. The average Bonchev–Trinajstić information content (AvgIpc) is 3.48. The minimum absolute atomic E-state index is 0.0229. The monoisotopic (exact) mass is 571 g/mol. The Morgan fingerprint density at radius 2 is 1.85 bits per heavy atom. The van der Waals surface area contributed by atoms with Gasteiger partial charge in [-0.15, -0.1) is 5.10 Å². The van der Waals surface area contributed by atoms with Crippen molar-refractivity contribution in [1.29, 1.82) is 0 Å². The first-order valence-corrected chi connectivity index (χ1v) is 13.2. The highest BCUT2D eigenvalue weighted by Crippen LogP contribution is 2.22. The quantitative estimate of drug-likeness (QED) is 0.201. The fourth-order valence-electron chi connectivity index (χ4n) is 4.58. The maximum atomic E-state index is 13.3. The highest BCUT2D eigenvalue weighted by Gasteiger charge is 2.22. The fraction of sp³-hybridized carbons (Fsp3) is 0.172. The predicted octanol–water partition coefficient (Wildman–Crippen LogP) is 2.49. The lowest BCUT2D eigenvalue weighted by Crippen LogP contribution is -2.48. The number of halogens is 1. The molecule has 0 spiro atoms. The van der Waals surface area contributed by atoms with Gasteiger partial charge in [0.15, 0.2) is 0 Å². The molecule has 0 radical (unpaired) electrons. The van der Waals surface area contributed by atoms with Gasteiger partial charge < -0.3 is 20.7 Å². The van der Waals surface area contributed by atoms with Crippen LogP contribution in [0.1, 0.15) is 16.7 Å². The summed E-state index contributed by atoms with van der Waals surface area (Å²) in [6, 6.07) is 20.0. The van der Waals surface area contributed by atoms with Gasteiger partial charge >= 0.3 is 0 Å². The number of nitrogens with zero attached hydrogens (tertiary/aromatic N) is 4. The third kappa shape index (κ3) is 6.95. The first-order valence-electron chi connectivity index (χ1n) is 12.8. The van der Waals surface area contributed by atoms with Crippen LogP contribution >= 0.6 is 11.6 Å². The number of hydrogen-bond acceptors (Lipinski definition) is 7. The van der Waals surface area contributed by atoms with Crippen molar-refractivity contribution < 1.29 is 14.7 Å².